The fourth-order valence-corrected chi connectivity index (χ4v) is 4.53. The minimum absolute atomic E-state index is 0.0472. The van der Waals surface area contributed by atoms with Crippen molar-refractivity contribution in [2.24, 2.45) is 0 Å². The highest BCUT2D eigenvalue weighted by Crippen LogP contribution is 2.26. The summed E-state index contributed by atoms with van der Waals surface area (Å²) in [5, 5.41) is 3.74. The van der Waals surface area contributed by atoms with Crippen molar-refractivity contribution >= 4 is 17.0 Å². The summed E-state index contributed by atoms with van der Waals surface area (Å²) in [5.41, 5.74) is 0.902. The number of nitrogens with one attached hydrogen (secondary N) is 1. The standard InChI is InChI=1S/C30H39N3O6/c1-5-36-15-14-33-27-18-25(38-24-9-7-6-8-10-24)12-11-22(27)17-23(28(33)34)20-32-13-16-37-26(21-32)19-31-29(35)39-30(2,3)4/h6-12,17-18,26H,5,13-16,19-21H2,1-4H3,(H,31,35). The zero-order valence-electron chi connectivity index (χ0n) is 23.3. The Morgan fingerprint density at radius 2 is 1.90 bits per heavy atom. The average molecular weight is 538 g/mol. The van der Waals surface area contributed by atoms with Gasteiger partial charge in [-0.25, -0.2) is 4.79 Å². The number of fused-ring (bicyclic) bond motifs is 1. The van der Waals surface area contributed by atoms with Crippen LogP contribution in [0.15, 0.2) is 59.4 Å². The van der Waals surface area contributed by atoms with Crippen LogP contribution in [-0.2, 0) is 27.3 Å². The number of para-hydroxylation sites is 1. The minimum atomic E-state index is -0.559. The van der Waals surface area contributed by atoms with Crippen LogP contribution >= 0.6 is 0 Å². The highest BCUT2D eigenvalue weighted by molar-refractivity contribution is 5.81. The summed E-state index contributed by atoms with van der Waals surface area (Å²) < 4.78 is 24.6. The molecular formula is C30H39N3O6. The second kappa shape index (κ2) is 13.1. The van der Waals surface area contributed by atoms with Gasteiger partial charge in [0.2, 0.25) is 0 Å². The second-order valence-electron chi connectivity index (χ2n) is 10.6. The molecule has 210 valence electrons. The molecule has 0 spiro atoms. The predicted octanol–water partition coefficient (Wildman–Crippen LogP) is 4.56. The first kappa shape index (κ1) is 28.6. The normalized spacial score (nSPS) is 16.3. The van der Waals surface area contributed by atoms with E-state index in [0.29, 0.717) is 63.9 Å². The molecule has 0 aliphatic carbocycles. The SMILES string of the molecule is CCOCCn1c(=O)c(CN2CCOC(CNC(=O)OC(C)(C)C)C2)cc2ccc(Oc3ccccc3)cc21. The van der Waals surface area contributed by atoms with Gasteiger partial charge in [-0.3, -0.25) is 9.69 Å². The molecule has 3 aromatic rings. The zero-order valence-corrected chi connectivity index (χ0v) is 23.3. The maximum absolute atomic E-state index is 13.7. The van der Waals surface area contributed by atoms with Crippen molar-refractivity contribution in [1.82, 2.24) is 14.8 Å². The van der Waals surface area contributed by atoms with Crippen molar-refractivity contribution in [1.29, 1.82) is 0 Å². The molecule has 39 heavy (non-hydrogen) atoms. The number of rotatable bonds is 10. The van der Waals surface area contributed by atoms with Crippen molar-refractivity contribution in [2.75, 3.05) is 39.5 Å². The maximum Gasteiger partial charge on any atom is 0.407 e. The van der Waals surface area contributed by atoms with E-state index in [-0.39, 0.29) is 11.7 Å². The number of hydrogen-bond donors (Lipinski definition) is 1. The summed E-state index contributed by atoms with van der Waals surface area (Å²) in [4.78, 5) is 27.9. The van der Waals surface area contributed by atoms with Crippen LogP contribution in [0, 0.1) is 0 Å². The largest absolute Gasteiger partial charge is 0.457 e. The van der Waals surface area contributed by atoms with Crippen molar-refractivity contribution in [3.63, 3.8) is 0 Å². The Hall–Kier alpha value is -3.40. The molecule has 1 aliphatic heterocycles. The van der Waals surface area contributed by atoms with Gasteiger partial charge in [-0.05, 0) is 63.4 Å². The fourth-order valence-electron chi connectivity index (χ4n) is 4.53. The van der Waals surface area contributed by atoms with Crippen LogP contribution in [0.25, 0.3) is 10.9 Å². The summed E-state index contributed by atoms with van der Waals surface area (Å²) >= 11 is 0. The van der Waals surface area contributed by atoms with Crippen LogP contribution in [0.2, 0.25) is 0 Å². The first-order valence-corrected chi connectivity index (χ1v) is 13.5. The van der Waals surface area contributed by atoms with Crippen LogP contribution in [0.4, 0.5) is 4.79 Å². The molecule has 0 radical (unpaired) electrons. The summed E-state index contributed by atoms with van der Waals surface area (Å²) in [6.45, 7) is 11.5. The summed E-state index contributed by atoms with van der Waals surface area (Å²) in [6, 6.07) is 17.4. The Labute approximate surface area is 229 Å². The number of amides is 1. The third kappa shape index (κ3) is 8.29. The van der Waals surface area contributed by atoms with E-state index in [9.17, 15) is 9.59 Å². The Bertz CT molecular complexity index is 1300. The van der Waals surface area contributed by atoms with E-state index in [1.165, 1.54) is 0 Å². The molecule has 2 heterocycles. The summed E-state index contributed by atoms with van der Waals surface area (Å²) in [7, 11) is 0. The van der Waals surface area contributed by atoms with Gasteiger partial charge in [-0.1, -0.05) is 18.2 Å². The Morgan fingerprint density at radius 1 is 1.10 bits per heavy atom. The zero-order chi connectivity index (χ0) is 27.8. The molecular weight excluding hydrogens is 498 g/mol. The number of benzene rings is 2. The van der Waals surface area contributed by atoms with Gasteiger partial charge in [-0.15, -0.1) is 0 Å². The minimum Gasteiger partial charge on any atom is -0.457 e. The maximum atomic E-state index is 13.7. The molecule has 1 fully saturated rings. The predicted molar refractivity (Wildman–Crippen MR) is 150 cm³/mol. The highest BCUT2D eigenvalue weighted by atomic mass is 16.6. The van der Waals surface area contributed by atoms with Crippen molar-refractivity contribution in [3.05, 3.63) is 70.5 Å². The summed E-state index contributed by atoms with van der Waals surface area (Å²) in [5.74, 6) is 1.40. The van der Waals surface area contributed by atoms with Crippen molar-refractivity contribution < 1.29 is 23.7 Å². The smallest absolute Gasteiger partial charge is 0.407 e. The van der Waals surface area contributed by atoms with Crippen LogP contribution < -0.4 is 15.6 Å². The van der Waals surface area contributed by atoms with Gasteiger partial charge in [-0.2, -0.15) is 0 Å². The lowest BCUT2D eigenvalue weighted by Gasteiger charge is -2.33. The monoisotopic (exact) mass is 537 g/mol. The van der Waals surface area contributed by atoms with Crippen LogP contribution in [0.5, 0.6) is 11.5 Å². The molecule has 1 aliphatic rings. The lowest BCUT2D eigenvalue weighted by atomic mass is 10.1. The molecule has 1 atom stereocenters. The van der Waals surface area contributed by atoms with E-state index >= 15 is 0 Å². The number of nitrogens with zero attached hydrogens (tertiary/aromatic N) is 2. The molecule has 1 N–H and O–H groups in total. The Kier molecular flexibility index (Phi) is 9.61. The van der Waals surface area contributed by atoms with Gasteiger partial charge in [0.1, 0.15) is 17.1 Å². The Morgan fingerprint density at radius 3 is 2.64 bits per heavy atom. The number of ether oxygens (including phenoxy) is 4. The Balaban J connectivity index is 1.51. The van der Waals surface area contributed by atoms with Crippen molar-refractivity contribution in [3.8, 4) is 11.5 Å². The quantitative estimate of drug-likeness (QED) is 0.379. The molecule has 9 nitrogen and oxygen atoms in total. The third-order valence-electron chi connectivity index (χ3n) is 6.27. The number of carbonyl (C=O) groups excluding carboxylic acids is 1. The molecule has 9 heteroatoms. The van der Waals surface area contributed by atoms with Gasteiger partial charge < -0.3 is 28.8 Å². The van der Waals surface area contributed by atoms with E-state index in [4.69, 9.17) is 18.9 Å². The molecule has 1 unspecified atom stereocenters. The number of carbonyl (C=O) groups is 1. The van der Waals surface area contributed by atoms with Gasteiger partial charge in [0, 0.05) is 51.0 Å². The highest BCUT2D eigenvalue weighted by Gasteiger charge is 2.24. The molecule has 1 aromatic heterocycles. The number of hydrogen-bond acceptors (Lipinski definition) is 7. The van der Waals surface area contributed by atoms with Crippen LogP contribution in [0.3, 0.4) is 0 Å². The molecule has 0 saturated carbocycles. The lowest BCUT2D eigenvalue weighted by molar-refractivity contribution is -0.0314. The average Bonchev–Trinajstić information content (AvgIpc) is 2.90. The van der Waals surface area contributed by atoms with Gasteiger partial charge >= 0.3 is 6.09 Å². The third-order valence-corrected chi connectivity index (χ3v) is 6.27. The van der Waals surface area contributed by atoms with Crippen LogP contribution in [0.1, 0.15) is 33.3 Å². The topological polar surface area (TPSA) is 91.3 Å². The van der Waals surface area contributed by atoms with E-state index in [1.54, 1.807) is 4.57 Å². The van der Waals surface area contributed by atoms with E-state index < -0.39 is 11.7 Å². The summed E-state index contributed by atoms with van der Waals surface area (Å²) in [6.07, 6.45) is -0.657. The van der Waals surface area contributed by atoms with Gasteiger partial charge in [0.15, 0.2) is 0 Å². The van der Waals surface area contributed by atoms with Crippen molar-refractivity contribution in [2.45, 2.75) is 52.5 Å². The first-order chi connectivity index (χ1) is 18.7. The van der Waals surface area contributed by atoms with Gasteiger partial charge in [0.25, 0.3) is 5.56 Å². The number of morpholine rings is 1. The van der Waals surface area contributed by atoms with Crippen LogP contribution in [-0.4, -0.2) is 66.7 Å². The van der Waals surface area contributed by atoms with E-state index in [2.05, 4.69) is 10.2 Å². The van der Waals surface area contributed by atoms with Gasteiger partial charge in [0.05, 0.1) is 24.8 Å². The fraction of sp³-hybridized carbons (Fsp3) is 0.467. The lowest BCUT2D eigenvalue weighted by Crippen LogP contribution is -2.48. The molecule has 0 bridgehead atoms. The molecule has 1 saturated heterocycles. The van der Waals surface area contributed by atoms with E-state index in [1.807, 2.05) is 82.3 Å². The molecule has 4 rings (SSSR count). The number of aromatic nitrogens is 1. The molecule has 1 amide bonds. The number of pyridine rings is 1. The first-order valence-electron chi connectivity index (χ1n) is 13.5. The molecule has 2 aromatic carbocycles. The van der Waals surface area contributed by atoms with E-state index in [0.717, 1.165) is 16.7 Å². The number of alkyl carbamates (subject to hydrolysis) is 1. The second-order valence-corrected chi connectivity index (χ2v) is 10.6.